The Labute approximate surface area is 310 Å². The Morgan fingerprint density at radius 1 is 0.577 bits per heavy atom. The molecule has 1 aliphatic rings. The first-order valence-corrected chi connectivity index (χ1v) is 19.6. The Morgan fingerprint density at radius 3 is 1.94 bits per heavy atom. The van der Waals surface area contributed by atoms with E-state index in [1.807, 2.05) is 30.5 Å². The maximum absolute atomic E-state index is 8.23. The maximum atomic E-state index is 8.23. The van der Waals surface area contributed by atoms with Gasteiger partial charge in [-0.2, -0.15) is 5.06 Å². The number of pyridine rings is 1. The molecule has 0 bridgehead atoms. The van der Waals surface area contributed by atoms with Gasteiger partial charge in [0.05, 0.1) is 28.1 Å². The van der Waals surface area contributed by atoms with Crippen molar-refractivity contribution < 1.29 is 9.05 Å². The normalized spacial score (nSPS) is 14.3. The van der Waals surface area contributed by atoms with Gasteiger partial charge in [0.25, 0.3) is 0 Å². The standard InChI is InChI=1S/C46H40N4OSi/c1-46(2,3)33-28-29-47-45(30-33)49-41-23-12-11-22-39(41)40-27-26-38(32-44(40)49)52(35-17-7-5-8-18-35,36-19-9-6-10-20-36)37-21-15-16-34(31-37)50-43-25-14-13-24-42(43)48(4)51-50/h5-32H,1-4H3/i4D3. The highest BCUT2D eigenvalue weighted by molar-refractivity contribution is 7.20. The molecule has 8 aromatic rings. The molecule has 0 unspecified atom stereocenters. The largest absolute Gasteiger partial charge is 0.294 e. The van der Waals surface area contributed by atoms with E-state index in [-0.39, 0.29) is 5.41 Å². The van der Waals surface area contributed by atoms with Crippen molar-refractivity contribution in [2.45, 2.75) is 26.2 Å². The van der Waals surface area contributed by atoms with E-state index in [0.29, 0.717) is 11.4 Å². The fourth-order valence-electron chi connectivity index (χ4n) is 7.86. The highest BCUT2D eigenvalue weighted by Crippen LogP contribution is 2.40. The lowest BCUT2D eigenvalue weighted by atomic mass is 9.88. The number of hydroxylamine groups is 1. The average molecular weight is 696 g/mol. The van der Waals surface area contributed by atoms with Gasteiger partial charge < -0.3 is 0 Å². The van der Waals surface area contributed by atoms with Crippen molar-refractivity contribution in [1.29, 1.82) is 0 Å². The molecular formula is C46H40N4OSi. The third kappa shape index (κ3) is 5.06. The van der Waals surface area contributed by atoms with Crippen LogP contribution < -0.4 is 30.9 Å². The number of hydrogen-bond acceptors (Lipinski definition) is 4. The summed E-state index contributed by atoms with van der Waals surface area (Å²) in [6, 6.07) is 57.3. The molecule has 3 heterocycles. The van der Waals surface area contributed by atoms with Crippen LogP contribution in [-0.2, 0) is 10.4 Å². The van der Waals surface area contributed by atoms with Crippen LogP contribution in [0, 0.1) is 0 Å². The minimum absolute atomic E-state index is 0.0462. The van der Waals surface area contributed by atoms with Gasteiger partial charge in [0.15, 0.2) is 8.07 Å². The first kappa shape index (κ1) is 28.7. The zero-order valence-corrected chi connectivity index (χ0v) is 30.4. The summed E-state index contributed by atoms with van der Waals surface area (Å²) in [5.74, 6) is 0.883. The first-order chi connectivity index (χ1) is 26.5. The summed E-state index contributed by atoms with van der Waals surface area (Å²) in [5.41, 5.74) is 5.25. The van der Waals surface area contributed by atoms with Crippen LogP contribution in [0.2, 0.25) is 0 Å². The van der Waals surface area contributed by atoms with E-state index >= 15 is 0 Å². The van der Waals surface area contributed by atoms with E-state index in [2.05, 4.69) is 159 Å². The predicted octanol–water partition coefficient (Wildman–Crippen LogP) is 8.29. The van der Waals surface area contributed by atoms with Crippen LogP contribution >= 0.6 is 0 Å². The molecule has 0 saturated heterocycles. The quantitative estimate of drug-likeness (QED) is 0.130. The molecule has 0 N–H and O–H groups in total. The van der Waals surface area contributed by atoms with E-state index in [1.54, 1.807) is 11.1 Å². The van der Waals surface area contributed by atoms with E-state index in [1.165, 1.54) is 26.5 Å². The van der Waals surface area contributed by atoms with E-state index in [4.69, 9.17) is 14.0 Å². The van der Waals surface area contributed by atoms with E-state index in [0.717, 1.165) is 38.2 Å². The van der Waals surface area contributed by atoms with Gasteiger partial charge in [-0.15, -0.1) is 4.94 Å². The molecule has 0 fully saturated rings. The molecule has 2 aromatic heterocycles. The SMILES string of the molecule is [2H]C([2H])([2H])N1ON(c2cccc([Si](c3ccccc3)(c3ccccc3)c3ccc4c5ccccc5n(-c5cc(C(C)(C)C)ccn5)c4c3)c2)c2ccccc21. The van der Waals surface area contributed by atoms with E-state index < -0.39 is 15.0 Å². The molecule has 52 heavy (non-hydrogen) atoms. The molecule has 254 valence electrons. The molecule has 6 heteroatoms. The van der Waals surface area contributed by atoms with Crippen molar-refractivity contribution in [3.05, 3.63) is 176 Å². The summed E-state index contributed by atoms with van der Waals surface area (Å²) < 4.78 is 27.0. The van der Waals surface area contributed by atoms with Crippen LogP contribution in [0.5, 0.6) is 0 Å². The Kier molecular flexibility index (Phi) is 6.83. The second kappa shape index (κ2) is 12.4. The van der Waals surface area contributed by atoms with Crippen LogP contribution in [0.25, 0.3) is 27.6 Å². The maximum Gasteiger partial charge on any atom is 0.179 e. The summed E-state index contributed by atoms with van der Waals surface area (Å²) in [4.78, 5) is 11.1. The van der Waals surface area contributed by atoms with Gasteiger partial charge in [0, 0.05) is 28.1 Å². The zero-order chi connectivity index (χ0) is 38.0. The van der Waals surface area contributed by atoms with Gasteiger partial charge in [0.1, 0.15) is 5.82 Å². The fourth-order valence-corrected chi connectivity index (χ4v) is 12.6. The summed E-state index contributed by atoms with van der Waals surface area (Å²) in [6.07, 6.45) is 1.92. The number of benzene rings is 6. The van der Waals surface area contributed by atoms with Crippen molar-refractivity contribution in [3.8, 4) is 5.82 Å². The van der Waals surface area contributed by atoms with Gasteiger partial charge in [-0.1, -0.05) is 136 Å². The van der Waals surface area contributed by atoms with Crippen molar-refractivity contribution in [2.24, 2.45) is 0 Å². The highest BCUT2D eigenvalue weighted by Gasteiger charge is 2.42. The summed E-state index contributed by atoms with van der Waals surface area (Å²) in [6.45, 7) is 4.20. The van der Waals surface area contributed by atoms with Crippen molar-refractivity contribution in [1.82, 2.24) is 9.55 Å². The van der Waals surface area contributed by atoms with Crippen molar-refractivity contribution in [3.63, 3.8) is 0 Å². The number of rotatable bonds is 6. The molecule has 0 saturated carbocycles. The number of nitrogens with zero attached hydrogens (tertiary/aromatic N) is 4. The summed E-state index contributed by atoms with van der Waals surface area (Å²) in [7, 11) is -3.10. The van der Waals surface area contributed by atoms with Crippen LogP contribution in [0.15, 0.2) is 170 Å². The minimum atomic E-state index is -3.10. The number of aromatic nitrogens is 2. The van der Waals surface area contributed by atoms with Crippen molar-refractivity contribution >= 4 is 67.7 Å². The lowest BCUT2D eigenvalue weighted by Gasteiger charge is -2.35. The molecule has 6 aromatic carbocycles. The molecule has 0 amide bonds. The smallest absolute Gasteiger partial charge is 0.179 e. The Hall–Kier alpha value is -5.95. The van der Waals surface area contributed by atoms with Gasteiger partial charge in [0.2, 0.25) is 0 Å². The third-order valence-corrected chi connectivity index (χ3v) is 15.1. The number of fused-ring (bicyclic) bond motifs is 4. The second-order valence-corrected chi connectivity index (χ2v) is 18.2. The summed E-state index contributed by atoms with van der Waals surface area (Å²) >= 11 is 0. The topological polar surface area (TPSA) is 33.5 Å². The minimum Gasteiger partial charge on any atom is -0.294 e. The Morgan fingerprint density at radius 2 is 1.21 bits per heavy atom. The second-order valence-electron chi connectivity index (χ2n) is 14.4. The molecular weight excluding hydrogens is 653 g/mol. The average Bonchev–Trinajstić information content (AvgIpc) is 3.76. The van der Waals surface area contributed by atoms with Crippen LogP contribution in [0.4, 0.5) is 17.1 Å². The summed E-state index contributed by atoms with van der Waals surface area (Å²) in [5, 5.41) is 9.76. The molecule has 0 spiro atoms. The van der Waals surface area contributed by atoms with Crippen LogP contribution in [-0.4, -0.2) is 24.6 Å². The molecule has 5 nitrogen and oxygen atoms in total. The number of hydrogen-bond donors (Lipinski definition) is 0. The third-order valence-electron chi connectivity index (χ3n) is 10.4. The monoisotopic (exact) mass is 695 g/mol. The molecule has 1 aliphatic heterocycles. The van der Waals surface area contributed by atoms with Gasteiger partial charge in [-0.3, -0.25) is 4.57 Å². The van der Waals surface area contributed by atoms with E-state index in [9.17, 15) is 0 Å². The number of para-hydroxylation sites is 3. The van der Waals surface area contributed by atoms with Crippen LogP contribution in [0.3, 0.4) is 0 Å². The van der Waals surface area contributed by atoms with Crippen LogP contribution in [0.1, 0.15) is 30.4 Å². The predicted molar refractivity (Wildman–Crippen MR) is 219 cm³/mol. The molecule has 9 rings (SSSR count). The Balaban J connectivity index is 1.33. The Bertz CT molecular complexity index is 2650. The number of anilines is 3. The van der Waals surface area contributed by atoms with Gasteiger partial charge in [-0.25, -0.2) is 10.0 Å². The fraction of sp³-hybridized carbons (Fsp3) is 0.109. The lowest BCUT2D eigenvalue weighted by Crippen LogP contribution is -2.74. The molecule has 0 aliphatic carbocycles. The molecule has 0 atom stereocenters. The first-order valence-electron chi connectivity index (χ1n) is 19.1. The van der Waals surface area contributed by atoms with Gasteiger partial charge in [-0.05, 0) is 80.3 Å². The molecule has 0 radical (unpaired) electrons. The van der Waals surface area contributed by atoms with Crippen molar-refractivity contribution in [2.75, 3.05) is 17.1 Å². The zero-order valence-electron chi connectivity index (χ0n) is 32.4. The highest BCUT2D eigenvalue weighted by atomic mass is 28.3. The lowest BCUT2D eigenvalue weighted by molar-refractivity contribution is 0.142. The van der Waals surface area contributed by atoms with Gasteiger partial charge >= 0.3 is 0 Å².